The van der Waals surface area contributed by atoms with Crippen LogP contribution in [0.3, 0.4) is 0 Å². The van der Waals surface area contributed by atoms with Crippen LogP contribution in [0.4, 0.5) is 0 Å². The number of carbonyl (C=O) groups is 2. The molecule has 0 spiro atoms. The SMILES string of the molecule is CCCCCCOC(=O)C(C)SC(C)C(=O)O. The number of hydrogen-bond donors (Lipinski definition) is 1. The molecule has 0 aromatic carbocycles. The summed E-state index contributed by atoms with van der Waals surface area (Å²) >= 11 is 1.11. The van der Waals surface area contributed by atoms with Crippen molar-refractivity contribution in [2.24, 2.45) is 0 Å². The van der Waals surface area contributed by atoms with Crippen molar-refractivity contribution in [1.82, 2.24) is 0 Å². The van der Waals surface area contributed by atoms with Crippen LogP contribution in [0.25, 0.3) is 0 Å². The molecule has 100 valence electrons. The van der Waals surface area contributed by atoms with Crippen molar-refractivity contribution in [3.63, 3.8) is 0 Å². The molecular weight excluding hydrogens is 240 g/mol. The van der Waals surface area contributed by atoms with E-state index in [1.54, 1.807) is 13.8 Å². The molecule has 0 aromatic rings. The molecule has 5 heteroatoms. The maximum Gasteiger partial charge on any atom is 0.318 e. The monoisotopic (exact) mass is 262 g/mol. The van der Waals surface area contributed by atoms with Crippen molar-refractivity contribution < 1.29 is 19.4 Å². The lowest BCUT2D eigenvalue weighted by Crippen LogP contribution is -2.23. The molecule has 2 atom stereocenters. The summed E-state index contributed by atoms with van der Waals surface area (Å²) in [5.74, 6) is -1.22. The van der Waals surface area contributed by atoms with Crippen LogP contribution < -0.4 is 0 Å². The van der Waals surface area contributed by atoms with Gasteiger partial charge in [-0.15, -0.1) is 11.8 Å². The number of unbranched alkanes of at least 4 members (excludes halogenated alkanes) is 3. The quantitative estimate of drug-likeness (QED) is 0.511. The van der Waals surface area contributed by atoms with Gasteiger partial charge in [0.15, 0.2) is 0 Å². The van der Waals surface area contributed by atoms with Crippen LogP contribution in [0.1, 0.15) is 46.5 Å². The minimum atomic E-state index is -0.905. The molecule has 0 aliphatic rings. The second-order valence-electron chi connectivity index (χ2n) is 3.99. The van der Waals surface area contributed by atoms with E-state index in [1.165, 1.54) is 0 Å². The summed E-state index contributed by atoms with van der Waals surface area (Å²) in [6.45, 7) is 5.81. The van der Waals surface area contributed by atoms with Crippen LogP contribution in [-0.2, 0) is 14.3 Å². The van der Waals surface area contributed by atoms with E-state index in [4.69, 9.17) is 9.84 Å². The minimum absolute atomic E-state index is 0.320. The van der Waals surface area contributed by atoms with E-state index in [2.05, 4.69) is 6.92 Å². The summed E-state index contributed by atoms with van der Waals surface area (Å²) < 4.78 is 5.08. The average molecular weight is 262 g/mol. The number of hydrogen-bond acceptors (Lipinski definition) is 4. The highest BCUT2D eigenvalue weighted by Crippen LogP contribution is 2.18. The number of esters is 1. The normalized spacial score (nSPS) is 14.1. The van der Waals surface area contributed by atoms with E-state index in [0.29, 0.717) is 6.61 Å². The molecule has 0 aromatic heterocycles. The summed E-state index contributed by atoms with van der Waals surface area (Å²) in [4.78, 5) is 22.1. The lowest BCUT2D eigenvalue weighted by molar-refractivity contribution is -0.142. The topological polar surface area (TPSA) is 63.6 Å². The molecule has 17 heavy (non-hydrogen) atoms. The van der Waals surface area contributed by atoms with E-state index in [9.17, 15) is 9.59 Å². The molecule has 0 rings (SSSR count). The molecule has 0 heterocycles. The molecule has 0 saturated heterocycles. The van der Waals surface area contributed by atoms with Crippen LogP contribution in [0.15, 0.2) is 0 Å². The van der Waals surface area contributed by atoms with E-state index >= 15 is 0 Å². The Bertz CT molecular complexity index is 243. The third-order valence-electron chi connectivity index (χ3n) is 2.33. The largest absolute Gasteiger partial charge is 0.480 e. The number of carbonyl (C=O) groups excluding carboxylic acids is 1. The van der Waals surface area contributed by atoms with Crippen molar-refractivity contribution in [2.45, 2.75) is 57.0 Å². The smallest absolute Gasteiger partial charge is 0.318 e. The molecule has 0 aliphatic carbocycles. The standard InChI is InChI=1S/C12H22O4S/c1-4-5-6-7-8-16-12(15)10(3)17-9(2)11(13)14/h9-10H,4-8H2,1-3H3,(H,13,14). The van der Waals surface area contributed by atoms with E-state index < -0.39 is 16.5 Å². The summed E-state index contributed by atoms with van der Waals surface area (Å²) in [6.07, 6.45) is 4.25. The fourth-order valence-corrected chi connectivity index (χ4v) is 2.15. The van der Waals surface area contributed by atoms with Gasteiger partial charge in [0.2, 0.25) is 0 Å². The fourth-order valence-electron chi connectivity index (χ4n) is 1.24. The van der Waals surface area contributed by atoms with Gasteiger partial charge >= 0.3 is 11.9 Å². The summed E-state index contributed by atoms with van der Waals surface area (Å²) in [7, 11) is 0. The highest BCUT2D eigenvalue weighted by atomic mass is 32.2. The first kappa shape index (κ1) is 16.3. The second kappa shape index (κ2) is 9.33. The molecule has 1 N–H and O–H groups in total. The highest BCUT2D eigenvalue weighted by molar-refractivity contribution is 8.01. The molecule has 0 aliphatic heterocycles. The van der Waals surface area contributed by atoms with Crippen molar-refractivity contribution >= 4 is 23.7 Å². The number of aliphatic carboxylic acids is 1. The first-order chi connectivity index (χ1) is 7.99. The fraction of sp³-hybridized carbons (Fsp3) is 0.833. The molecular formula is C12H22O4S. The van der Waals surface area contributed by atoms with Crippen molar-refractivity contribution in [1.29, 1.82) is 0 Å². The second-order valence-corrected chi connectivity index (χ2v) is 5.67. The van der Waals surface area contributed by atoms with E-state index in [-0.39, 0.29) is 5.97 Å². The summed E-state index contributed by atoms with van der Waals surface area (Å²) in [5.41, 5.74) is 0. The summed E-state index contributed by atoms with van der Waals surface area (Å²) in [6, 6.07) is 0. The molecule has 0 radical (unpaired) electrons. The van der Waals surface area contributed by atoms with Crippen LogP contribution in [0.5, 0.6) is 0 Å². The van der Waals surface area contributed by atoms with Gasteiger partial charge in [-0.2, -0.15) is 0 Å². The molecule has 2 unspecified atom stereocenters. The molecule has 0 saturated carbocycles. The third kappa shape index (κ3) is 8.07. The Morgan fingerprint density at radius 2 is 1.82 bits per heavy atom. The van der Waals surface area contributed by atoms with Gasteiger partial charge in [-0.05, 0) is 20.3 Å². The third-order valence-corrected chi connectivity index (χ3v) is 3.54. The van der Waals surface area contributed by atoms with Gasteiger partial charge in [0, 0.05) is 0 Å². The van der Waals surface area contributed by atoms with Crippen LogP contribution in [-0.4, -0.2) is 34.2 Å². The van der Waals surface area contributed by atoms with E-state index in [0.717, 1.165) is 37.4 Å². The predicted molar refractivity (Wildman–Crippen MR) is 69.3 cm³/mol. The maximum absolute atomic E-state index is 11.5. The van der Waals surface area contributed by atoms with Gasteiger partial charge in [0.05, 0.1) is 6.61 Å². The Hall–Kier alpha value is -0.710. The molecule has 0 amide bonds. The van der Waals surface area contributed by atoms with Gasteiger partial charge in [-0.3, -0.25) is 9.59 Å². The summed E-state index contributed by atoms with van der Waals surface area (Å²) in [5, 5.41) is 7.70. The lowest BCUT2D eigenvalue weighted by atomic mass is 10.2. The molecule has 0 bridgehead atoms. The number of rotatable bonds is 9. The van der Waals surface area contributed by atoms with Crippen molar-refractivity contribution in [2.75, 3.05) is 6.61 Å². The Kier molecular flexibility index (Phi) is 8.94. The van der Waals surface area contributed by atoms with Crippen LogP contribution in [0, 0.1) is 0 Å². The molecule has 0 fully saturated rings. The van der Waals surface area contributed by atoms with Crippen molar-refractivity contribution in [3.05, 3.63) is 0 Å². The zero-order valence-electron chi connectivity index (χ0n) is 10.8. The Labute approximate surface area is 107 Å². The first-order valence-electron chi connectivity index (χ1n) is 6.04. The lowest BCUT2D eigenvalue weighted by Gasteiger charge is -2.13. The first-order valence-corrected chi connectivity index (χ1v) is 6.98. The number of ether oxygens (including phenoxy) is 1. The zero-order chi connectivity index (χ0) is 13.3. The Morgan fingerprint density at radius 1 is 1.18 bits per heavy atom. The van der Waals surface area contributed by atoms with Gasteiger partial charge in [0.25, 0.3) is 0 Å². The highest BCUT2D eigenvalue weighted by Gasteiger charge is 2.21. The Morgan fingerprint density at radius 3 is 2.35 bits per heavy atom. The van der Waals surface area contributed by atoms with Gasteiger partial charge < -0.3 is 9.84 Å². The predicted octanol–water partition coefficient (Wildman–Crippen LogP) is 2.70. The zero-order valence-corrected chi connectivity index (χ0v) is 11.6. The number of carboxylic acids is 1. The van der Waals surface area contributed by atoms with Gasteiger partial charge in [-0.1, -0.05) is 26.2 Å². The number of carboxylic acid groups (broad SMARTS) is 1. The van der Waals surface area contributed by atoms with Crippen LogP contribution in [0.2, 0.25) is 0 Å². The number of thioether (sulfide) groups is 1. The Balaban J connectivity index is 3.71. The minimum Gasteiger partial charge on any atom is -0.480 e. The van der Waals surface area contributed by atoms with E-state index in [1.807, 2.05) is 0 Å². The average Bonchev–Trinajstić information content (AvgIpc) is 2.28. The van der Waals surface area contributed by atoms with Crippen LogP contribution >= 0.6 is 11.8 Å². The maximum atomic E-state index is 11.5. The molecule has 4 nitrogen and oxygen atoms in total. The van der Waals surface area contributed by atoms with Gasteiger partial charge in [-0.25, -0.2) is 0 Å². The van der Waals surface area contributed by atoms with Gasteiger partial charge in [0.1, 0.15) is 10.5 Å². The van der Waals surface area contributed by atoms with Crippen molar-refractivity contribution in [3.8, 4) is 0 Å².